The number of halogens is 3. The van der Waals surface area contributed by atoms with E-state index in [0.29, 0.717) is 18.7 Å². The molecule has 0 aliphatic carbocycles. The van der Waals surface area contributed by atoms with E-state index in [-0.39, 0.29) is 27.1 Å². The number of aliphatic hydroxyl groups is 1. The molecule has 31 heavy (non-hydrogen) atoms. The van der Waals surface area contributed by atoms with Crippen LogP contribution in [0, 0.1) is 5.82 Å². The second kappa shape index (κ2) is 11.3. The van der Waals surface area contributed by atoms with E-state index in [0.717, 1.165) is 11.8 Å². The first-order chi connectivity index (χ1) is 14.8. The molecule has 1 amide bonds. The minimum Gasteiger partial charge on any atom is -0.516 e. The van der Waals surface area contributed by atoms with Gasteiger partial charge in [-0.1, -0.05) is 48.0 Å². The largest absolute Gasteiger partial charge is 0.516 e. The van der Waals surface area contributed by atoms with Crippen molar-refractivity contribution in [2.75, 3.05) is 11.9 Å². The Morgan fingerprint density at radius 3 is 2.39 bits per heavy atom. The monoisotopic (exact) mass is 463 g/mol. The number of allylic oxidation sites excluding steroid dienone is 1. The summed E-state index contributed by atoms with van der Waals surface area (Å²) in [4.78, 5) is 30.4. The molecule has 1 aromatic carbocycles. The fourth-order valence-corrected chi connectivity index (χ4v) is 3.08. The van der Waals surface area contributed by atoms with Crippen LogP contribution in [0.1, 0.15) is 12.5 Å². The van der Waals surface area contributed by atoms with Crippen molar-refractivity contribution < 1.29 is 19.1 Å². The standard InChI is InChI=1S/C19H14Cl2FN3O2.C3H6O/c1-11-8-25(9-12-2-4-13(22)5-3-12)10-14(11)18(26)19(27)24-17-15(20)6-23-7-16(17)21;1-2-3-4/h2-7,10H,1,8-9H2,(H,23,24,27);2-4H,1H3/b;3-2+. The van der Waals surface area contributed by atoms with Crippen molar-refractivity contribution in [1.82, 2.24) is 9.88 Å². The Bertz CT molecular complexity index is 1010. The summed E-state index contributed by atoms with van der Waals surface area (Å²) >= 11 is 11.9. The molecule has 0 radical (unpaired) electrons. The van der Waals surface area contributed by atoms with Gasteiger partial charge in [-0.25, -0.2) is 4.39 Å². The molecule has 2 N–H and O–H groups in total. The molecule has 0 unspecified atom stereocenters. The van der Waals surface area contributed by atoms with Gasteiger partial charge >= 0.3 is 0 Å². The van der Waals surface area contributed by atoms with Gasteiger partial charge in [-0.05, 0) is 30.2 Å². The maximum atomic E-state index is 13.0. The van der Waals surface area contributed by atoms with Crippen molar-refractivity contribution in [2.24, 2.45) is 0 Å². The van der Waals surface area contributed by atoms with Crippen LogP contribution in [0.15, 0.2) is 72.9 Å². The summed E-state index contributed by atoms with van der Waals surface area (Å²) in [5.74, 6) is -1.94. The van der Waals surface area contributed by atoms with Gasteiger partial charge in [-0.3, -0.25) is 14.6 Å². The predicted molar refractivity (Wildman–Crippen MR) is 119 cm³/mol. The molecular weight excluding hydrogens is 444 g/mol. The van der Waals surface area contributed by atoms with E-state index >= 15 is 0 Å². The molecule has 2 heterocycles. The Kier molecular flexibility index (Phi) is 8.78. The average molecular weight is 464 g/mol. The highest BCUT2D eigenvalue weighted by Crippen LogP contribution is 2.29. The lowest BCUT2D eigenvalue weighted by Crippen LogP contribution is -2.24. The van der Waals surface area contributed by atoms with Crippen molar-refractivity contribution >= 4 is 40.6 Å². The van der Waals surface area contributed by atoms with E-state index in [9.17, 15) is 14.0 Å². The summed E-state index contributed by atoms with van der Waals surface area (Å²) in [5.41, 5.74) is 1.72. The molecule has 0 spiro atoms. The van der Waals surface area contributed by atoms with Crippen molar-refractivity contribution in [3.63, 3.8) is 0 Å². The zero-order chi connectivity index (χ0) is 23.0. The predicted octanol–water partition coefficient (Wildman–Crippen LogP) is 5.07. The highest BCUT2D eigenvalue weighted by atomic mass is 35.5. The molecule has 0 atom stereocenters. The van der Waals surface area contributed by atoms with Crippen LogP contribution in [0.3, 0.4) is 0 Å². The van der Waals surface area contributed by atoms with Gasteiger partial charge in [0.05, 0.1) is 22.0 Å². The van der Waals surface area contributed by atoms with Gasteiger partial charge in [0.15, 0.2) is 0 Å². The van der Waals surface area contributed by atoms with Gasteiger partial charge in [-0.2, -0.15) is 0 Å². The molecule has 0 bridgehead atoms. The summed E-state index contributed by atoms with van der Waals surface area (Å²) < 4.78 is 13.0. The fraction of sp³-hybridized carbons (Fsp3) is 0.136. The van der Waals surface area contributed by atoms with E-state index in [1.54, 1.807) is 31.3 Å². The number of hydrogen-bond donors (Lipinski definition) is 2. The number of aromatic nitrogens is 1. The van der Waals surface area contributed by atoms with Gasteiger partial charge in [0, 0.05) is 37.3 Å². The first kappa shape index (κ1) is 24.1. The second-order valence-electron chi connectivity index (χ2n) is 6.42. The van der Waals surface area contributed by atoms with Crippen LogP contribution in [0.25, 0.3) is 0 Å². The van der Waals surface area contributed by atoms with Gasteiger partial charge in [-0.15, -0.1) is 0 Å². The van der Waals surface area contributed by atoms with Crippen molar-refractivity contribution in [3.8, 4) is 0 Å². The van der Waals surface area contributed by atoms with E-state index in [4.69, 9.17) is 28.3 Å². The quantitative estimate of drug-likeness (QED) is 0.477. The van der Waals surface area contributed by atoms with Gasteiger partial charge < -0.3 is 15.3 Å². The van der Waals surface area contributed by atoms with Gasteiger partial charge in [0.1, 0.15) is 5.82 Å². The van der Waals surface area contributed by atoms with Gasteiger partial charge in [0.2, 0.25) is 0 Å². The number of rotatable bonds is 5. The number of carbonyl (C=O) groups is 2. The summed E-state index contributed by atoms with van der Waals surface area (Å²) in [6.07, 6.45) is 6.75. The smallest absolute Gasteiger partial charge is 0.296 e. The number of Topliss-reactive ketones (excluding diaryl/α,β-unsaturated/α-hetero) is 1. The molecule has 2 aromatic rings. The minimum atomic E-state index is -0.874. The molecule has 0 saturated heterocycles. The van der Waals surface area contributed by atoms with Crippen molar-refractivity contribution in [2.45, 2.75) is 13.5 Å². The number of carbonyl (C=O) groups excluding carboxylic acids is 2. The van der Waals surface area contributed by atoms with Crippen LogP contribution in [0.4, 0.5) is 10.1 Å². The third-order valence-corrected chi connectivity index (χ3v) is 4.65. The van der Waals surface area contributed by atoms with Gasteiger partial charge in [0.25, 0.3) is 11.7 Å². The molecule has 0 fully saturated rings. The number of anilines is 1. The number of amides is 1. The van der Waals surface area contributed by atoms with E-state index in [1.807, 2.05) is 4.90 Å². The van der Waals surface area contributed by atoms with Crippen LogP contribution < -0.4 is 5.32 Å². The van der Waals surface area contributed by atoms with E-state index < -0.39 is 11.7 Å². The third-order valence-electron chi connectivity index (χ3n) is 4.08. The third kappa shape index (κ3) is 6.67. The lowest BCUT2D eigenvalue weighted by molar-refractivity contribution is -0.132. The van der Waals surface area contributed by atoms with Crippen LogP contribution in [-0.2, 0) is 16.1 Å². The number of nitrogens with one attached hydrogen (secondary N) is 1. The minimum absolute atomic E-state index is 0.124. The lowest BCUT2D eigenvalue weighted by atomic mass is 10.1. The maximum Gasteiger partial charge on any atom is 0.296 e. The number of ketones is 1. The lowest BCUT2D eigenvalue weighted by Gasteiger charge is -2.14. The Hall–Kier alpha value is -3.16. The molecular formula is C22H20Cl2FN3O3. The number of pyridine rings is 1. The fourth-order valence-electron chi connectivity index (χ4n) is 2.62. The number of aliphatic hydroxyl groups excluding tert-OH is 1. The number of hydrogen-bond acceptors (Lipinski definition) is 5. The first-order valence-electron chi connectivity index (χ1n) is 9.05. The summed E-state index contributed by atoms with van der Waals surface area (Å²) in [5, 5.41) is 10.4. The zero-order valence-corrected chi connectivity index (χ0v) is 18.1. The SMILES string of the molecule is C/C=C/O.C=C1CN(Cc2ccc(F)cc2)C=C1C(=O)C(=O)Nc1c(Cl)cncc1Cl. The molecule has 162 valence electrons. The van der Waals surface area contributed by atoms with Crippen LogP contribution >= 0.6 is 23.2 Å². The Morgan fingerprint density at radius 1 is 1.26 bits per heavy atom. The highest BCUT2D eigenvalue weighted by Gasteiger charge is 2.28. The van der Waals surface area contributed by atoms with E-state index in [1.165, 1.54) is 24.5 Å². The molecule has 6 nitrogen and oxygen atoms in total. The summed E-state index contributed by atoms with van der Waals surface area (Å²) in [7, 11) is 0. The highest BCUT2D eigenvalue weighted by molar-refractivity contribution is 6.49. The first-order valence-corrected chi connectivity index (χ1v) is 9.81. The van der Waals surface area contributed by atoms with Crippen molar-refractivity contribution in [3.05, 3.63) is 94.3 Å². The summed E-state index contributed by atoms with van der Waals surface area (Å²) in [6.45, 7) is 6.45. The molecule has 9 heteroatoms. The Morgan fingerprint density at radius 2 is 1.84 bits per heavy atom. The average Bonchev–Trinajstić information content (AvgIpc) is 3.11. The Balaban J connectivity index is 0.000000785. The molecule has 1 aliphatic heterocycles. The normalized spacial score (nSPS) is 13.0. The molecule has 3 rings (SSSR count). The van der Waals surface area contributed by atoms with Crippen molar-refractivity contribution in [1.29, 1.82) is 0 Å². The number of nitrogens with zero attached hydrogens (tertiary/aromatic N) is 2. The Labute approximate surface area is 189 Å². The second-order valence-corrected chi connectivity index (χ2v) is 7.24. The van der Waals surface area contributed by atoms with Crippen LogP contribution in [0.2, 0.25) is 10.0 Å². The number of benzene rings is 1. The zero-order valence-electron chi connectivity index (χ0n) is 16.6. The topological polar surface area (TPSA) is 82.5 Å². The maximum absolute atomic E-state index is 13.0. The summed E-state index contributed by atoms with van der Waals surface area (Å²) in [6, 6.07) is 6.05. The van der Waals surface area contributed by atoms with E-state index in [2.05, 4.69) is 16.9 Å². The van der Waals surface area contributed by atoms with Crippen LogP contribution in [-0.4, -0.2) is 33.2 Å². The molecule has 0 saturated carbocycles. The van der Waals surface area contributed by atoms with Crippen LogP contribution in [0.5, 0.6) is 0 Å². The molecule has 1 aliphatic rings. The molecule has 1 aromatic heterocycles.